The van der Waals surface area contributed by atoms with Gasteiger partial charge in [0, 0.05) is 69.0 Å². The fourth-order valence-electron chi connectivity index (χ4n) is 4.87. The van der Waals surface area contributed by atoms with Gasteiger partial charge in [-0.15, -0.1) is 0 Å². The molecule has 0 N–H and O–H groups in total. The zero-order chi connectivity index (χ0) is 25.8. The molecule has 2 fully saturated rings. The summed E-state index contributed by atoms with van der Waals surface area (Å²) in [6, 6.07) is 14.5. The van der Waals surface area contributed by atoms with E-state index in [-0.39, 0.29) is 30.6 Å². The summed E-state index contributed by atoms with van der Waals surface area (Å²) < 4.78 is 33.0. The van der Waals surface area contributed by atoms with Crippen LogP contribution in [0.5, 0.6) is 0 Å². The topological polar surface area (TPSA) is 58.6 Å². The summed E-state index contributed by atoms with van der Waals surface area (Å²) in [5.74, 6) is -1.92. The molecule has 2 saturated heterocycles. The maximum Gasteiger partial charge on any atom is 0.273 e. The third kappa shape index (κ3) is 5.86. The number of Topliss-reactive ketones (excluding diaryl/α,β-unsaturated/α-hetero) is 1. The van der Waals surface area contributed by atoms with E-state index < -0.39 is 5.92 Å². The molecule has 5 rings (SSSR count). The summed E-state index contributed by atoms with van der Waals surface area (Å²) >= 11 is 0. The van der Waals surface area contributed by atoms with Crippen molar-refractivity contribution in [2.75, 3.05) is 44.3 Å². The van der Waals surface area contributed by atoms with Crippen LogP contribution in [-0.4, -0.2) is 66.1 Å². The standard InChI is InChI=1S/C29H32F2N4O2/c1-2-29(30,31)24-9-5-22(6-10-24)18-26(36)17-21-3-7-23(8-4-21)27-28(33-12-11-32-27)35-15-13-34(14-16-35)25-19-37-20-25/h3-12,25H,2,13-20H2,1H3. The predicted octanol–water partition coefficient (Wildman–Crippen LogP) is 4.52. The second-order valence-electron chi connectivity index (χ2n) is 9.79. The van der Waals surface area contributed by atoms with Crippen LogP contribution in [0.4, 0.5) is 14.6 Å². The normalized spacial score (nSPS) is 17.0. The number of hydrogen-bond acceptors (Lipinski definition) is 6. The van der Waals surface area contributed by atoms with Crippen molar-refractivity contribution in [3.8, 4) is 11.3 Å². The molecule has 0 atom stereocenters. The average Bonchev–Trinajstić information content (AvgIpc) is 2.89. The number of piperazine rings is 1. The highest BCUT2D eigenvalue weighted by atomic mass is 19.3. The smallest absolute Gasteiger partial charge is 0.273 e. The second kappa shape index (κ2) is 11.0. The Morgan fingerprint density at radius 1 is 0.919 bits per heavy atom. The zero-order valence-corrected chi connectivity index (χ0v) is 21.1. The zero-order valence-electron chi connectivity index (χ0n) is 21.1. The molecule has 0 saturated carbocycles. The molecule has 2 aromatic carbocycles. The molecule has 0 spiro atoms. The molecule has 8 heteroatoms. The third-order valence-corrected chi connectivity index (χ3v) is 7.28. The molecular weight excluding hydrogens is 474 g/mol. The Labute approximate surface area is 216 Å². The number of carbonyl (C=O) groups excluding carboxylic acids is 1. The Morgan fingerprint density at radius 3 is 2.08 bits per heavy atom. The van der Waals surface area contributed by atoms with Gasteiger partial charge in [0.25, 0.3) is 5.92 Å². The van der Waals surface area contributed by atoms with E-state index in [2.05, 4.69) is 19.8 Å². The highest BCUT2D eigenvalue weighted by molar-refractivity contribution is 5.83. The number of rotatable bonds is 9. The number of anilines is 1. The van der Waals surface area contributed by atoms with Gasteiger partial charge in [0.15, 0.2) is 5.82 Å². The molecule has 6 nitrogen and oxygen atoms in total. The number of carbonyl (C=O) groups is 1. The minimum Gasteiger partial charge on any atom is -0.378 e. The summed E-state index contributed by atoms with van der Waals surface area (Å²) in [4.78, 5) is 26.7. The Kier molecular flexibility index (Phi) is 7.58. The number of nitrogens with zero attached hydrogens (tertiary/aromatic N) is 4. The highest BCUT2D eigenvalue weighted by Crippen LogP contribution is 2.31. The minimum absolute atomic E-state index is 0.0139. The highest BCUT2D eigenvalue weighted by Gasteiger charge is 2.30. The van der Waals surface area contributed by atoms with Crippen molar-refractivity contribution in [2.45, 2.75) is 38.2 Å². The molecule has 0 radical (unpaired) electrons. The number of halogens is 2. The van der Waals surface area contributed by atoms with Crippen LogP contribution in [0, 0.1) is 0 Å². The maximum atomic E-state index is 13.8. The lowest BCUT2D eigenvalue weighted by Crippen LogP contribution is -2.56. The first kappa shape index (κ1) is 25.4. The number of hydrogen-bond donors (Lipinski definition) is 0. The molecule has 1 aromatic heterocycles. The molecule has 3 heterocycles. The first-order valence-electron chi connectivity index (χ1n) is 12.9. The van der Waals surface area contributed by atoms with Crippen LogP contribution in [0.3, 0.4) is 0 Å². The molecule has 0 amide bonds. The molecule has 3 aromatic rings. The van der Waals surface area contributed by atoms with E-state index in [1.54, 1.807) is 24.5 Å². The molecule has 0 aliphatic carbocycles. The van der Waals surface area contributed by atoms with Gasteiger partial charge >= 0.3 is 0 Å². The summed E-state index contributed by atoms with van der Waals surface area (Å²) in [5.41, 5.74) is 3.43. The van der Waals surface area contributed by atoms with Gasteiger partial charge in [0.1, 0.15) is 11.5 Å². The van der Waals surface area contributed by atoms with E-state index >= 15 is 0 Å². The van der Waals surface area contributed by atoms with Gasteiger partial charge in [-0.2, -0.15) is 0 Å². The molecule has 0 bridgehead atoms. The van der Waals surface area contributed by atoms with E-state index in [1.807, 2.05) is 24.3 Å². The summed E-state index contributed by atoms with van der Waals surface area (Å²) in [6.45, 7) is 6.87. The van der Waals surface area contributed by atoms with Crippen molar-refractivity contribution < 1.29 is 18.3 Å². The van der Waals surface area contributed by atoms with Gasteiger partial charge in [-0.1, -0.05) is 55.5 Å². The SMILES string of the molecule is CCC(F)(F)c1ccc(CC(=O)Cc2ccc(-c3nccnc3N3CCN(C4COC4)CC3)cc2)cc1. The van der Waals surface area contributed by atoms with Gasteiger partial charge in [-0.05, 0) is 11.1 Å². The molecule has 37 heavy (non-hydrogen) atoms. The number of ketones is 1. The van der Waals surface area contributed by atoms with E-state index in [9.17, 15) is 13.6 Å². The van der Waals surface area contributed by atoms with E-state index in [1.165, 1.54) is 19.1 Å². The van der Waals surface area contributed by atoms with Crippen LogP contribution in [0.25, 0.3) is 11.3 Å². The summed E-state index contributed by atoms with van der Waals surface area (Å²) in [6.07, 6.45) is 3.69. The monoisotopic (exact) mass is 506 g/mol. The largest absolute Gasteiger partial charge is 0.378 e. The minimum atomic E-state index is -2.84. The van der Waals surface area contributed by atoms with E-state index in [4.69, 9.17) is 4.74 Å². The summed E-state index contributed by atoms with van der Waals surface area (Å²) in [5, 5.41) is 0. The number of benzene rings is 2. The van der Waals surface area contributed by atoms with Gasteiger partial charge in [0.05, 0.1) is 19.3 Å². The van der Waals surface area contributed by atoms with Crippen molar-refractivity contribution in [1.29, 1.82) is 0 Å². The van der Waals surface area contributed by atoms with Crippen LogP contribution >= 0.6 is 0 Å². The fraction of sp³-hybridized carbons (Fsp3) is 0.414. The van der Waals surface area contributed by atoms with Crippen molar-refractivity contribution in [3.05, 3.63) is 77.6 Å². The fourth-order valence-corrected chi connectivity index (χ4v) is 4.87. The maximum absolute atomic E-state index is 13.8. The summed E-state index contributed by atoms with van der Waals surface area (Å²) in [7, 11) is 0. The average molecular weight is 507 g/mol. The molecule has 194 valence electrons. The van der Waals surface area contributed by atoms with Crippen LogP contribution in [0.15, 0.2) is 60.9 Å². The lowest BCUT2D eigenvalue weighted by Gasteiger charge is -2.43. The van der Waals surface area contributed by atoms with Crippen LogP contribution in [0.2, 0.25) is 0 Å². The Morgan fingerprint density at radius 2 is 1.51 bits per heavy atom. The van der Waals surface area contributed by atoms with E-state index in [0.717, 1.165) is 67.6 Å². The quantitative estimate of drug-likeness (QED) is 0.425. The van der Waals surface area contributed by atoms with Crippen molar-refractivity contribution >= 4 is 11.6 Å². The predicted molar refractivity (Wildman–Crippen MR) is 139 cm³/mol. The Balaban J connectivity index is 1.20. The van der Waals surface area contributed by atoms with Gasteiger partial charge in [-0.3, -0.25) is 14.7 Å². The van der Waals surface area contributed by atoms with Crippen LogP contribution < -0.4 is 4.90 Å². The molecule has 2 aliphatic heterocycles. The number of ether oxygens (including phenoxy) is 1. The Bertz CT molecular complexity index is 1210. The third-order valence-electron chi connectivity index (χ3n) is 7.28. The van der Waals surface area contributed by atoms with E-state index in [0.29, 0.717) is 6.04 Å². The van der Waals surface area contributed by atoms with Gasteiger partial charge in [-0.25, -0.2) is 13.8 Å². The van der Waals surface area contributed by atoms with Gasteiger partial charge < -0.3 is 9.64 Å². The van der Waals surface area contributed by atoms with Crippen molar-refractivity contribution in [3.63, 3.8) is 0 Å². The van der Waals surface area contributed by atoms with Gasteiger partial charge in [0.2, 0.25) is 0 Å². The molecular formula is C29H32F2N4O2. The molecule has 0 unspecified atom stereocenters. The van der Waals surface area contributed by atoms with Crippen LogP contribution in [0.1, 0.15) is 30.0 Å². The lowest BCUT2D eigenvalue weighted by atomic mass is 9.99. The van der Waals surface area contributed by atoms with Crippen molar-refractivity contribution in [1.82, 2.24) is 14.9 Å². The number of alkyl halides is 2. The second-order valence-corrected chi connectivity index (χ2v) is 9.79. The first-order chi connectivity index (χ1) is 17.9. The Hall–Kier alpha value is -3.23. The first-order valence-corrected chi connectivity index (χ1v) is 12.9. The van der Waals surface area contributed by atoms with Crippen molar-refractivity contribution in [2.24, 2.45) is 0 Å². The number of aromatic nitrogens is 2. The van der Waals surface area contributed by atoms with Crippen LogP contribution in [-0.2, 0) is 28.3 Å². The lowest BCUT2D eigenvalue weighted by molar-refractivity contribution is -0.117. The molecule has 2 aliphatic rings.